The number of nitrogens with two attached hydrogens (primary N) is 1. The second-order valence-electron chi connectivity index (χ2n) is 5.21. The van der Waals surface area contributed by atoms with E-state index in [9.17, 15) is 0 Å². The van der Waals surface area contributed by atoms with Gasteiger partial charge in [-0.3, -0.25) is 0 Å². The molecule has 0 aliphatic rings. The van der Waals surface area contributed by atoms with Crippen molar-refractivity contribution in [3.05, 3.63) is 42.0 Å². The molecule has 0 fully saturated rings. The van der Waals surface area contributed by atoms with Crippen molar-refractivity contribution in [2.24, 2.45) is 16.8 Å². The fourth-order valence-corrected chi connectivity index (χ4v) is 3.11. The maximum Gasteiger partial charge on any atom is 0.170 e. The molecule has 0 aliphatic heterocycles. The Morgan fingerprint density at radius 1 is 1.10 bits per heavy atom. The molecule has 2 aromatic rings. The van der Waals surface area contributed by atoms with Crippen LogP contribution < -0.4 is 5.73 Å². The third kappa shape index (κ3) is 2.90. The van der Waals surface area contributed by atoms with E-state index >= 15 is 0 Å². The molecule has 0 bridgehead atoms. The van der Waals surface area contributed by atoms with E-state index in [1.54, 1.807) is 0 Å². The first-order valence-electron chi connectivity index (χ1n) is 6.71. The standard InChI is InChI=1S/C16H20N2OS/c1-10(2)11(3)20-15-9-8-14(16(17)18-19)12-6-4-5-7-13(12)15/h4-11,19H,1-3H3,(H2,17,18). The van der Waals surface area contributed by atoms with Gasteiger partial charge in [0.15, 0.2) is 5.84 Å². The van der Waals surface area contributed by atoms with E-state index in [1.165, 1.54) is 4.90 Å². The molecule has 1 atom stereocenters. The van der Waals surface area contributed by atoms with Gasteiger partial charge >= 0.3 is 0 Å². The maximum atomic E-state index is 8.89. The van der Waals surface area contributed by atoms with Crippen molar-refractivity contribution in [2.45, 2.75) is 30.9 Å². The predicted molar refractivity (Wildman–Crippen MR) is 86.6 cm³/mol. The summed E-state index contributed by atoms with van der Waals surface area (Å²) < 4.78 is 0. The molecule has 2 aromatic carbocycles. The minimum atomic E-state index is 0.148. The number of hydrogen-bond acceptors (Lipinski definition) is 3. The van der Waals surface area contributed by atoms with Crippen LogP contribution in [0.4, 0.5) is 0 Å². The fourth-order valence-electron chi connectivity index (χ4n) is 1.99. The number of fused-ring (bicyclic) bond motifs is 1. The molecule has 0 aromatic heterocycles. The molecule has 3 N–H and O–H groups in total. The molecule has 0 saturated heterocycles. The van der Waals surface area contributed by atoms with Crippen molar-refractivity contribution in [1.29, 1.82) is 0 Å². The first-order valence-corrected chi connectivity index (χ1v) is 7.59. The van der Waals surface area contributed by atoms with Gasteiger partial charge in [-0.1, -0.05) is 50.2 Å². The Bertz CT molecular complexity index is 637. The van der Waals surface area contributed by atoms with Crippen LogP contribution in [0.5, 0.6) is 0 Å². The smallest absolute Gasteiger partial charge is 0.170 e. The molecular formula is C16H20N2OS. The number of rotatable bonds is 4. The van der Waals surface area contributed by atoms with Crippen molar-refractivity contribution in [2.75, 3.05) is 0 Å². The molecule has 0 aliphatic carbocycles. The Morgan fingerprint density at radius 3 is 2.35 bits per heavy atom. The van der Waals surface area contributed by atoms with E-state index in [0.717, 1.165) is 16.3 Å². The highest BCUT2D eigenvalue weighted by Gasteiger charge is 2.13. The lowest BCUT2D eigenvalue weighted by Gasteiger charge is -2.17. The number of benzene rings is 2. The van der Waals surface area contributed by atoms with Crippen molar-refractivity contribution < 1.29 is 5.21 Å². The summed E-state index contributed by atoms with van der Waals surface area (Å²) in [6.07, 6.45) is 0. The van der Waals surface area contributed by atoms with Gasteiger partial charge in [0.2, 0.25) is 0 Å². The SMILES string of the molecule is CC(C)C(C)Sc1ccc(/C(N)=N/O)c2ccccc12. The van der Waals surface area contributed by atoms with Gasteiger partial charge in [-0.05, 0) is 28.8 Å². The number of nitrogens with zero attached hydrogens (tertiary/aromatic N) is 1. The van der Waals surface area contributed by atoms with E-state index in [4.69, 9.17) is 10.9 Å². The van der Waals surface area contributed by atoms with Crippen molar-refractivity contribution in [3.63, 3.8) is 0 Å². The van der Waals surface area contributed by atoms with Gasteiger partial charge in [0.1, 0.15) is 0 Å². The van der Waals surface area contributed by atoms with Crippen molar-refractivity contribution in [1.82, 2.24) is 0 Å². The van der Waals surface area contributed by atoms with Crippen LogP contribution in [0.25, 0.3) is 10.8 Å². The third-order valence-electron chi connectivity index (χ3n) is 3.52. The lowest BCUT2D eigenvalue weighted by molar-refractivity contribution is 0.318. The summed E-state index contributed by atoms with van der Waals surface area (Å²) in [5.74, 6) is 0.761. The summed E-state index contributed by atoms with van der Waals surface area (Å²) >= 11 is 1.87. The second kappa shape index (κ2) is 6.18. The molecule has 0 saturated carbocycles. The van der Waals surface area contributed by atoms with Gasteiger partial charge in [-0.2, -0.15) is 0 Å². The third-order valence-corrected chi connectivity index (χ3v) is 5.05. The lowest BCUT2D eigenvalue weighted by atomic mass is 10.0. The van der Waals surface area contributed by atoms with Crippen LogP contribution in [-0.4, -0.2) is 16.3 Å². The van der Waals surface area contributed by atoms with E-state index in [0.29, 0.717) is 11.2 Å². The maximum absolute atomic E-state index is 8.89. The first-order chi connectivity index (χ1) is 9.54. The Morgan fingerprint density at radius 2 is 1.75 bits per heavy atom. The molecular weight excluding hydrogens is 268 g/mol. The molecule has 20 heavy (non-hydrogen) atoms. The molecule has 1 unspecified atom stereocenters. The van der Waals surface area contributed by atoms with E-state index in [2.05, 4.69) is 38.1 Å². The van der Waals surface area contributed by atoms with Crippen molar-refractivity contribution in [3.8, 4) is 0 Å². The summed E-state index contributed by atoms with van der Waals surface area (Å²) in [7, 11) is 0. The molecule has 2 rings (SSSR count). The summed E-state index contributed by atoms with van der Waals surface area (Å²) in [5.41, 5.74) is 6.52. The monoisotopic (exact) mass is 288 g/mol. The quantitative estimate of drug-likeness (QED) is 0.293. The molecule has 0 amide bonds. The Kier molecular flexibility index (Phi) is 4.55. The van der Waals surface area contributed by atoms with Crippen LogP contribution in [-0.2, 0) is 0 Å². The number of thioether (sulfide) groups is 1. The van der Waals surface area contributed by atoms with Crippen LogP contribution >= 0.6 is 11.8 Å². The zero-order valence-electron chi connectivity index (χ0n) is 12.0. The zero-order valence-corrected chi connectivity index (χ0v) is 12.8. The van der Waals surface area contributed by atoms with Crippen LogP contribution in [0.1, 0.15) is 26.3 Å². The van der Waals surface area contributed by atoms with E-state index in [1.807, 2.05) is 36.0 Å². The highest BCUT2D eigenvalue weighted by Crippen LogP contribution is 2.34. The molecule has 0 spiro atoms. The van der Waals surface area contributed by atoms with Crippen molar-refractivity contribution >= 4 is 28.4 Å². The average Bonchev–Trinajstić information content (AvgIpc) is 2.46. The lowest BCUT2D eigenvalue weighted by Crippen LogP contribution is -2.13. The van der Waals surface area contributed by atoms with Gasteiger partial charge in [0, 0.05) is 15.7 Å². The Hall–Kier alpha value is -1.68. The van der Waals surface area contributed by atoms with Gasteiger partial charge < -0.3 is 10.9 Å². The highest BCUT2D eigenvalue weighted by atomic mass is 32.2. The molecule has 0 heterocycles. The summed E-state index contributed by atoms with van der Waals surface area (Å²) in [6, 6.07) is 12.1. The van der Waals surface area contributed by atoms with E-state index < -0.39 is 0 Å². The topological polar surface area (TPSA) is 58.6 Å². The van der Waals surface area contributed by atoms with E-state index in [-0.39, 0.29) is 5.84 Å². The molecule has 4 heteroatoms. The zero-order chi connectivity index (χ0) is 14.7. The molecule has 0 radical (unpaired) electrons. The Balaban J connectivity index is 2.54. The van der Waals surface area contributed by atoms with Gasteiger partial charge in [0.25, 0.3) is 0 Å². The summed E-state index contributed by atoms with van der Waals surface area (Å²) in [5, 5.41) is 14.7. The number of amidine groups is 1. The average molecular weight is 288 g/mol. The van der Waals surface area contributed by atoms with Crippen LogP contribution in [0.15, 0.2) is 46.4 Å². The van der Waals surface area contributed by atoms with Gasteiger partial charge in [-0.25, -0.2) is 0 Å². The number of oxime groups is 1. The highest BCUT2D eigenvalue weighted by molar-refractivity contribution is 8.00. The fraction of sp³-hybridized carbons (Fsp3) is 0.312. The first kappa shape index (κ1) is 14.7. The summed E-state index contributed by atoms with van der Waals surface area (Å²) in [4.78, 5) is 1.23. The molecule has 106 valence electrons. The minimum absolute atomic E-state index is 0.148. The summed E-state index contributed by atoms with van der Waals surface area (Å²) in [6.45, 7) is 6.69. The minimum Gasteiger partial charge on any atom is -0.409 e. The van der Waals surface area contributed by atoms with Crippen LogP contribution in [0, 0.1) is 5.92 Å². The second-order valence-corrected chi connectivity index (χ2v) is 6.63. The number of hydrogen-bond donors (Lipinski definition) is 2. The van der Waals surface area contributed by atoms with Crippen LogP contribution in [0.2, 0.25) is 0 Å². The predicted octanol–water partition coefficient (Wildman–Crippen LogP) is 4.07. The normalized spacial score (nSPS) is 13.9. The van der Waals surface area contributed by atoms with Crippen LogP contribution in [0.3, 0.4) is 0 Å². The largest absolute Gasteiger partial charge is 0.409 e. The van der Waals surface area contributed by atoms with Gasteiger partial charge in [0.05, 0.1) is 0 Å². The molecule has 3 nitrogen and oxygen atoms in total. The Labute approximate surface area is 123 Å². The van der Waals surface area contributed by atoms with Gasteiger partial charge in [-0.15, -0.1) is 11.8 Å².